The number of likely N-dealkylation sites (N-methyl/N-ethyl adjacent to an activating group) is 1. The van der Waals surface area contributed by atoms with Gasteiger partial charge in [-0.25, -0.2) is 0 Å². The monoisotopic (exact) mass is 399 g/mol. The molecule has 2 saturated heterocycles. The summed E-state index contributed by atoms with van der Waals surface area (Å²) in [6, 6.07) is 8.27. The average molecular weight is 400 g/mol. The molecule has 2 unspecified atom stereocenters. The van der Waals surface area contributed by atoms with E-state index in [1.54, 1.807) is 6.92 Å². The number of piperidine rings is 1. The summed E-state index contributed by atoms with van der Waals surface area (Å²) in [5, 5.41) is 3.14. The van der Waals surface area contributed by atoms with Crippen molar-refractivity contribution in [2.45, 2.75) is 57.7 Å². The van der Waals surface area contributed by atoms with Gasteiger partial charge in [-0.05, 0) is 55.7 Å². The number of nitrogens with one attached hydrogen (secondary N) is 1. The van der Waals surface area contributed by atoms with Crippen LogP contribution in [0.5, 0.6) is 0 Å². The van der Waals surface area contributed by atoms with Crippen LogP contribution in [0.25, 0.3) is 0 Å². The van der Waals surface area contributed by atoms with E-state index in [9.17, 15) is 9.59 Å². The van der Waals surface area contributed by atoms with E-state index in [0.29, 0.717) is 6.54 Å². The lowest BCUT2D eigenvalue weighted by atomic mass is 9.73. The minimum atomic E-state index is -0.115. The molecule has 6 nitrogen and oxygen atoms in total. The quantitative estimate of drug-likeness (QED) is 0.844. The molecule has 0 bridgehead atoms. The van der Waals surface area contributed by atoms with Crippen molar-refractivity contribution < 1.29 is 14.3 Å². The van der Waals surface area contributed by atoms with Gasteiger partial charge in [0.2, 0.25) is 11.8 Å². The first kappa shape index (κ1) is 20.4. The Morgan fingerprint density at radius 1 is 1.17 bits per heavy atom. The molecule has 3 heterocycles. The molecule has 0 aromatic heterocycles. The number of hydrogen-bond donors (Lipinski definition) is 1. The van der Waals surface area contributed by atoms with Crippen LogP contribution < -0.4 is 5.32 Å². The van der Waals surface area contributed by atoms with Gasteiger partial charge in [0.25, 0.3) is 0 Å². The number of rotatable bonds is 3. The van der Waals surface area contributed by atoms with Gasteiger partial charge in [0.1, 0.15) is 0 Å². The summed E-state index contributed by atoms with van der Waals surface area (Å²) in [6.45, 7) is 5.48. The number of likely N-dealkylation sites (tertiary alicyclic amines) is 1. The maximum absolute atomic E-state index is 12.8. The lowest BCUT2D eigenvalue weighted by Crippen LogP contribution is -2.51. The summed E-state index contributed by atoms with van der Waals surface area (Å²) in [7, 11) is 2.02. The molecular weight excluding hydrogens is 366 g/mol. The van der Waals surface area contributed by atoms with Gasteiger partial charge in [-0.1, -0.05) is 24.3 Å². The van der Waals surface area contributed by atoms with Gasteiger partial charge in [-0.3, -0.25) is 14.5 Å². The predicted molar refractivity (Wildman–Crippen MR) is 111 cm³/mol. The van der Waals surface area contributed by atoms with E-state index < -0.39 is 0 Å². The summed E-state index contributed by atoms with van der Waals surface area (Å²) in [4.78, 5) is 28.4. The Kier molecular flexibility index (Phi) is 5.93. The molecule has 4 rings (SSSR count). The highest BCUT2D eigenvalue weighted by Crippen LogP contribution is 2.40. The molecule has 1 aromatic rings. The number of carbonyl (C=O) groups is 2. The number of hydrogen-bond acceptors (Lipinski definition) is 4. The van der Waals surface area contributed by atoms with E-state index in [0.717, 1.165) is 58.3 Å². The average Bonchev–Trinajstić information content (AvgIpc) is 2.73. The molecule has 3 aliphatic heterocycles. The zero-order valence-electron chi connectivity index (χ0n) is 17.7. The van der Waals surface area contributed by atoms with E-state index in [-0.39, 0.29) is 29.4 Å². The van der Waals surface area contributed by atoms with Crippen LogP contribution in [0.4, 0.5) is 0 Å². The summed E-state index contributed by atoms with van der Waals surface area (Å²) in [5.74, 6) is 0.271. The molecule has 158 valence electrons. The first-order chi connectivity index (χ1) is 14.0. The maximum atomic E-state index is 12.8. The number of ether oxygens (including phenoxy) is 1. The van der Waals surface area contributed by atoms with Gasteiger partial charge in [0.15, 0.2) is 0 Å². The fraction of sp³-hybridized carbons (Fsp3) is 0.652. The summed E-state index contributed by atoms with van der Waals surface area (Å²) >= 11 is 0. The number of benzene rings is 1. The number of carbonyl (C=O) groups excluding carboxylic acids is 2. The summed E-state index contributed by atoms with van der Waals surface area (Å²) < 4.78 is 6.16. The molecule has 1 spiro atoms. The van der Waals surface area contributed by atoms with Crippen LogP contribution in [0.2, 0.25) is 0 Å². The van der Waals surface area contributed by atoms with Crippen molar-refractivity contribution in [3.8, 4) is 0 Å². The van der Waals surface area contributed by atoms with Crippen molar-refractivity contribution in [3.63, 3.8) is 0 Å². The fourth-order valence-electron chi connectivity index (χ4n) is 5.05. The van der Waals surface area contributed by atoms with Crippen molar-refractivity contribution in [2.75, 3.05) is 33.3 Å². The first-order valence-corrected chi connectivity index (χ1v) is 10.9. The second kappa shape index (κ2) is 8.44. The van der Waals surface area contributed by atoms with E-state index in [1.165, 1.54) is 11.1 Å². The van der Waals surface area contributed by atoms with Gasteiger partial charge in [-0.15, -0.1) is 0 Å². The van der Waals surface area contributed by atoms with Crippen molar-refractivity contribution >= 4 is 11.8 Å². The molecule has 2 amide bonds. The molecule has 1 N–H and O–H groups in total. The van der Waals surface area contributed by atoms with Gasteiger partial charge < -0.3 is 15.0 Å². The highest BCUT2D eigenvalue weighted by atomic mass is 16.5. The molecule has 2 fully saturated rings. The molecule has 6 heteroatoms. The lowest BCUT2D eigenvalue weighted by Gasteiger charge is -2.45. The van der Waals surface area contributed by atoms with Gasteiger partial charge in [0, 0.05) is 33.1 Å². The SMILES string of the molecule is CC(=O)N1CCC2(CCC(CNC(=O)C3Cc4ccccc4CN3C)OC2)CC1. The molecular formula is C23H33N3O3. The second-order valence-electron chi connectivity index (χ2n) is 9.13. The van der Waals surface area contributed by atoms with Crippen molar-refractivity contribution in [1.29, 1.82) is 0 Å². The normalized spacial score (nSPS) is 26.8. The Labute approximate surface area is 173 Å². The standard InChI is InChI=1S/C23H33N3O3/c1-17(27)26-11-9-23(10-12-26)8-7-20(29-16-23)14-24-22(28)21-13-18-5-3-4-6-19(18)15-25(21)2/h3-6,20-21H,7-16H2,1-2H3,(H,24,28). The zero-order chi connectivity index (χ0) is 20.4. The largest absolute Gasteiger partial charge is 0.376 e. The molecule has 2 atom stereocenters. The Balaban J connectivity index is 1.24. The summed E-state index contributed by atoms with van der Waals surface area (Å²) in [6.07, 6.45) is 5.01. The van der Waals surface area contributed by atoms with Crippen LogP contribution in [0, 0.1) is 5.41 Å². The third kappa shape index (κ3) is 4.48. The topological polar surface area (TPSA) is 61.9 Å². The molecule has 29 heavy (non-hydrogen) atoms. The summed E-state index contributed by atoms with van der Waals surface area (Å²) in [5.41, 5.74) is 2.81. The van der Waals surface area contributed by atoms with E-state index in [1.807, 2.05) is 18.0 Å². The Morgan fingerprint density at radius 2 is 1.90 bits per heavy atom. The zero-order valence-corrected chi connectivity index (χ0v) is 17.7. The van der Waals surface area contributed by atoms with E-state index in [2.05, 4.69) is 28.4 Å². The minimum absolute atomic E-state index is 0.0941. The number of amides is 2. The Morgan fingerprint density at radius 3 is 2.55 bits per heavy atom. The van der Waals surface area contributed by atoms with Crippen LogP contribution in [0.15, 0.2) is 24.3 Å². The van der Waals surface area contributed by atoms with E-state index in [4.69, 9.17) is 4.74 Å². The van der Waals surface area contributed by atoms with Gasteiger partial charge >= 0.3 is 0 Å². The molecule has 3 aliphatic rings. The minimum Gasteiger partial charge on any atom is -0.376 e. The second-order valence-corrected chi connectivity index (χ2v) is 9.13. The van der Waals surface area contributed by atoms with Gasteiger partial charge in [-0.2, -0.15) is 0 Å². The maximum Gasteiger partial charge on any atom is 0.237 e. The molecule has 0 radical (unpaired) electrons. The predicted octanol–water partition coefficient (Wildman–Crippen LogP) is 1.97. The lowest BCUT2D eigenvalue weighted by molar-refractivity contribution is -0.135. The van der Waals surface area contributed by atoms with Crippen LogP contribution in [-0.2, 0) is 27.3 Å². The number of nitrogens with zero attached hydrogens (tertiary/aromatic N) is 2. The number of fused-ring (bicyclic) bond motifs is 1. The third-order valence-electron chi connectivity index (χ3n) is 7.18. The fourth-order valence-corrected chi connectivity index (χ4v) is 5.05. The van der Waals surface area contributed by atoms with Crippen LogP contribution in [0.1, 0.15) is 43.7 Å². The highest BCUT2D eigenvalue weighted by Gasteiger charge is 2.39. The van der Waals surface area contributed by atoms with Crippen LogP contribution in [0.3, 0.4) is 0 Å². The molecule has 0 aliphatic carbocycles. The molecule has 1 aromatic carbocycles. The van der Waals surface area contributed by atoms with Crippen molar-refractivity contribution in [2.24, 2.45) is 5.41 Å². The third-order valence-corrected chi connectivity index (χ3v) is 7.18. The Bertz CT molecular complexity index is 747. The first-order valence-electron chi connectivity index (χ1n) is 10.9. The van der Waals surface area contributed by atoms with Crippen molar-refractivity contribution in [3.05, 3.63) is 35.4 Å². The van der Waals surface area contributed by atoms with Crippen LogP contribution in [-0.4, -0.2) is 67.0 Å². The molecule has 0 saturated carbocycles. The highest BCUT2D eigenvalue weighted by molar-refractivity contribution is 5.82. The Hall–Kier alpha value is -1.92. The van der Waals surface area contributed by atoms with Crippen molar-refractivity contribution in [1.82, 2.24) is 15.1 Å². The van der Waals surface area contributed by atoms with E-state index >= 15 is 0 Å². The van der Waals surface area contributed by atoms with Crippen LogP contribution >= 0.6 is 0 Å². The van der Waals surface area contributed by atoms with Gasteiger partial charge in [0.05, 0.1) is 18.8 Å². The smallest absolute Gasteiger partial charge is 0.237 e.